The first-order valence-electron chi connectivity index (χ1n) is 9.85. The van der Waals surface area contributed by atoms with Crippen LogP contribution in [-0.2, 0) is 4.79 Å². The minimum atomic E-state index is -0.307. The van der Waals surface area contributed by atoms with Crippen molar-refractivity contribution >= 4 is 29.0 Å². The number of nitrogens with zero attached hydrogens (tertiary/aromatic N) is 4. The number of methoxy groups -OCH3 is 1. The van der Waals surface area contributed by atoms with Gasteiger partial charge in [0, 0.05) is 23.8 Å². The highest BCUT2D eigenvalue weighted by molar-refractivity contribution is 7.99. The summed E-state index contributed by atoms with van der Waals surface area (Å²) >= 11 is 1.20. The highest BCUT2D eigenvalue weighted by atomic mass is 32.2. The molecule has 0 aliphatic rings. The van der Waals surface area contributed by atoms with Crippen molar-refractivity contribution in [1.82, 2.24) is 19.2 Å². The SMILES string of the molecule is CCOc1ccc(-n2ccn3c(SCC(=O)Nc4ccc(OC)cc4)nnc3c2=O)cc1. The highest BCUT2D eigenvalue weighted by Crippen LogP contribution is 2.19. The Hall–Kier alpha value is -3.79. The summed E-state index contributed by atoms with van der Waals surface area (Å²) in [5, 5.41) is 11.4. The molecule has 2 aromatic heterocycles. The van der Waals surface area contributed by atoms with E-state index in [1.54, 1.807) is 60.3 Å². The van der Waals surface area contributed by atoms with Gasteiger partial charge in [-0.2, -0.15) is 0 Å². The number of ether oxygens (including phenoxy) is 2. The molecule has 10 heteroatoms. The van der Waals surface area contributed by atoms with Crippen molar-refractivity contribution in [3.8, 4) is 17.2 Å². The van der Waals surface area contributed by atoms with Gasteiger partial charge in [0.2, 0.25) is 11.6 Å². The second-order valence-corrected chi connectivity index (χ2v) is 7.58. The molecule has 0 aliphatic carbocycles. The lowest BCUT2D eigenvalue weighted by Gasteiger charge is -2.08. The van der Waals surface area contributed by atoms with E-state index >= 15 is 0 Å². The molecule has 1 amide bonds. The first-order chi connectivity index (χ1) is 15.6. The molecule has 0 bridgehead atoms. The van der Waals surface area contributed by atoms with Gasteiger partial charge in [-0.1, -0.05) is 11.8 Å². The minimum Gasteiger partial charge on any atom is -0.497 e. The molecule has 32 heavy (non-hydrogen) atoms. The quantitative estimate of drug-likeness (QED) is 0.411. The number of benzene rings is 2. The number of hydrogen-bond donors (Lipinski definition) is 1. The van der Waals surface area contributed by atoms with Gasteiger partial charge in [-0.05, 0) is 55.5 Å². The molecule has 1 N–H and O–H groups in total. The number of hydrogen-bond acceptors (Lipinski definition) is 7. The predicted molar refractivity (Wildman–Crippen MR) is 122 cm³/mol. The molecule has 164 valence electrons. The maximum atomic E-state index is 12.9. The molecule has 0 spiro atoms. The molecule has 0 unspecified atom stereocenters. The third kappa shape index (κ3) is 4.59. The summed E-state index contributed by atoms with van der Waals surface area (Å²) in [6.07, 6.45) is 3.35. The molecule has 2 heterocycles. The topological polar surface area (TPSA) is 99.8 Å². The molecule has 0 aliphatic heterocycles. The third-order valence-electron chi connectivity index (χ3n) is 4.57. The van der Waals surface area contributed by atoms with E-state index in [1.807, 2.05) is 19.1 Å². The first-order valence-corrected chi connectivity index (χ1v) is 10.8. The summed E-state index contributed by atoms with van der Waals surface area (Å²) in [5.41, 5.74) is 1.23. The Morgan fingerprint density at radius 1 is 1.03 bits per heavy atom. The average molecular weight is 452 g/mol. The Morgan fingerprint density at radius 3 is 2.44 bits per heavy atom. The lowest BCUT2D eigenvalue weighted by Crippen LogP contribution is -2.20. The Balaban J connectivity index is 1.46. The van der Waals surface area contributed by atoms with Crippen LogP contribution in [0.5, 0.6) is 11.5 Å². The standard InChI is InChI=1S/C22H21N5O4S/c1-3-31-18-10-6-16(7-11-18)26-12-13-27-20(21(26)29)24-25-22(27)32-14-19(28)23-15-4-8-17(30-2)9-5-15/h4-13H,3,14H2,1-2H3,(H,23,28). The zero-order valence-corrected chi connectivity index (χ0v) is 18.3. The van der Waals surface area contributed by atoms with Gasteiger partial charge in [0.05, 0.1) is 19.5 Å². The highest BCUT2D eigenvalue weighted by Gasteiger charge is 2.14. The maximum absolute atomic E-state index is 12.9. The van der Waals surface area contributed by atoms with Gasteiger partial charge in [-0.3, -0.25) is 18.6 Å². The monoisotopic (exact) mass is 451 g/mol. The largest absolute Gasteiger partial charge is 0.497 e. The fourth-order valence-electron chi connectivity index (χ4n) is 3.04. The number of rotatable bonds is 8. The van der Waals surface area contributed by atoms with Crippen molar-refractivity contribution in [2.45, 2.75) is 12.1 Å². The smallest absolute Gasteiger partial charge is 0.300 e. The summed E-state index contributed by atoms with van der Waals surface area (Å²) in [5.74, 6) is 1.37. The van der Waals surface area contributed by atoms with Crippen molar-refractivity contribution in [2.24, 2.45) is 0 Å². The van der Waals surface area contributed by atoms with Gasteiger partial charge in [-0.15, -0.1) is 10.2 Å². The molecule has 0 atom stereocenters. The number of carbonyl (C=O) groups excluding carboxylic acids is 1. The molecular formula is C22H21N5O4S. The third-order valence-corrected chi connectivity index (χ3v) is 5.51. The van der Waals surface area contributed by atoms with E-state index in [4.69, 9.17) is 9.47 Å². The number of carbonyl (C=O) groups is 1. The van der Waals surface area contributed by atoms with Crippen LogP contribution in [0.25, 0.3) is 11.3 Å². The fraction of sp³-hybridized carbons (Fsp3) is 0.182. The summed E-state index contributed by atoms with van der Waals surface area (Å²) in [4.78, 5) is 25.2. The van der Waals surface area contributed by atoms with Crippen LogP contribution < -0.4 is 20.3 Å². The van der Waals surface area contributed by atoms with Gasteiger partial charge < -0.3 is 14.8 Å². The minimum absolute atomic E-state index is 0.120. The van der Waals surface area contributed by atoms with Crippen LogP contribution in [0.15, 0.2) is 70.9 Å². The Kier molecular flexibility index (Phi) is 6.41. The number of aromatic nitrogens is 4. The Labute approximate surface area is 188 Å². The van der Waals surface area contributed by atoms with E-state index < -0.39 is 0 Å². The maximum Gasteiger partial charge on any atom is 0.300 e. The van der Waals surface area contributed by atoms with Gasteiger partial charge >= 0.3 is 5.56 Å². The summed E-state index contributed by atoms with van der Waals surface area (Å²) in [7, 11) is 1.58. The van der Waals surface area contributed by atoms with Gasteiger partial charge in [-0.25, -0.2) is 0 Å². The van der Waals surface area contributed by atoms with E-state index in [0.717, 1.165) is 5.75 Å². The normalized spacial score (nSPS) is 10.8. The number of amides is 1. The zero-order valence-electron chi connectivity index (χ0n) is 17.5. The van der Waals surface area contributed by atoms with Crippen molar-refractivity contribution in [3.63, 3.8) is 0 Å². The number of nitrogens with one attached hydrogen (secondary N) is 1. The molecule has 2 aromatic carbocycles. The molecule has 0 radical (unpaired) electrons. The van der Waals surface area contributed by atoms with Crippen LogP contribution in [-0.4, -0.2) is 44.5 Å². The van der Waals surface area contributed by atoms with Crippen molar-refractivity contribution in [3.05, 3.63) is 71.3 Å². The summed E-state index contributed by atoms with van der Waals surface area (Å²) < 4.78 is 13.6. The van der Waals surface area contributed by atoms with Gasteiger partial charge in [0.1, 0.15) is 11.5 Å². The lowest BCUT2D eigenvalue weighted by atomic mass is 10.3. The van der Waals surface area contributed by atoms with E-state index in [2.05, 4.69) is 15.5 Å². The number of thioether (sulfide) groups is 1. The molecule has 4 rings (SSSR count). The van der Waals surface area contributed by atoms with E-state index in [0.29, 0.717) is 28.9 Å². The summed E-state index contributed by atoms with van der Waals surface area (Å²) in [6, 6.07) is 14.3. The van der Waals surface area contributed by atoms with Crippen molar-refractivity contribution < 1.29 is 14.3 Å². The van der Waals surface area contributed by atoms with Gasteiger partial charge in [0.15, 0.2) is 5.16 Å². The lowest BCUT2D eigenvalue weighted by molar-refractivity contribution is -0.113. The molecule has 9 nitrogen and oxygen atoms in total. The van der Waals surface area contributed by atoms with Crippen LogP contribution in [0.1, 0.15) is 6.92 Å². The summed E-state index contributed by atoms with van der Waals surface area (Å²) in [6.45, 7) is 2.49. The average Bonchev–Trinajstić information content (AvgIpc) is 3.23. The molecule has 4 aromatic rings. The zero-order chi connectivity index (χ0) is 22.5. The Bertz CT molecular complexity index is 1280. The van der Waals surface area contributed by atoms with Crippen molar-refractivity contribution in [2.75, 3.05) is 24.8 Å². The predicted octanol–water partition coefficient (Wildman–Crippen LogP) is 3.02. The second kappa shape index (κ2) is 9.56. The molecular weight excluding hydrogens is 430 g/mol. The second-order valence-electron chi connectivity index (χ2n) is 6.64. The number of anilines is 1. The van der Waals surface area contributed by atoms with E-state index in [1.165, 1.54) is 16.3 Å². The fourth-order valence-corrected chi connectivity index (χ4v) is 3.76. The van der Waals surface area contributed by atoms with Crippen LogP contribution in [0.4, 0.5) is 5.69 Å². The van der Waals surface area contributed by atoms with Crippen LogP contribution in [0, 0.1) is 0 Å². The van der Waals surface area contributed by atoms with Crippen LogP contribution >= 0.6 is 11.8 Å². The van der Waals surface area contributed by atoms with Gasteiger partial charge in [0.25, 0.3) is 0 Å². The Morgan fingerprint density at radius 2 is 1.75 bits per heavy atom. The van der Waals surface area contributed by atoms with E-state index in [-0.39, 0.29) is 22.9 Å². The van der Waals surface area contributed by atoms with Crippen molar-refractivity contribution in [1.29, 1.82) is 0 Å². The first kappa shape index (κ1) is 21.4. The number of fused-ring (bicyclic) bond motifs is 1. The van der Waals surface area contributed by atoms with E-state index in [9.17, 15) is 9.59 Å². The van der Waals surface area contributed by atoms with Crippen LogP contribution in [0.3, 0.4) is 0 Å². The van der Waals surface area contributed by atoms with Crippen LogP contribution in [0.2, 0.25) is 0 Å². The molecule has 0 saturated heterocycles. The molecule has 0 fully saturated rings. The molecule has 0 saturated carbocycles.